The number of aliphatic hydroxyl groups is 1. The molecular formula is C18H23N5O7S. The number of aliphatic hydroxyl groups excluding tert-OH is 1. The van der Waals surface area contributed by atoms with Gasteiger partial charge in [0.2, 0.25) is 5.91 Å². The average Bonchev–Trinajstić information content (AvgIpc) is 3.06. The summed E-state index contributed by atoms with van der Waals surface area (Å²) in [4.78, 5) is 22.2. The minimum atomic E-state index is -4.12. The fourth-order valence-corrected chi connectivity index (χ4v) is 4.89. The van der Waals surface area contributed by atoms with Crippen molar-refractivity contribution in [2.24, 2.45) is 0 Å². The van der Waals surface area contributed by atoms with Gasteiger partial charge in [-0.2, -0.15) is 5.10 Å². The van der Waals surface area contributed by atoms with Gasteiger partial charge in [0.1, 0.15) is 16.7 Å². The average molecular weight is 453 g/mol. The van der Waals surface area contributed by atoms with Crippen molar-refractivity contribution in [1.29, 1.82) is 0 Å². The van der Waals surface area contributed by atoms with E-state index >= 15 is 0 Å². The number of fused-ring (bicyclic) bond motifs is 1. The maximum atomic E-state index is 13.5. The second-order valence-electron chi connectivity index (χ2n) is 6.87. The molecule has 1 atom stereocenters. The number of benzene rings is 1. The topological polar surface area (TPSA) is 163 Å². The Morgan fingerprint density at radius 2 is 2.10 bits per heavy atom. The first-order valence-electron chi connectivity index (χ1n) is 9.34. The van der Waals surface area contributed by atoms with Crippen molar-refractivity contribution in [3.05, 3.63) is 30.1 Å². The van der Waals surface area contributed by atoms with Gasteiger partial charge in [0.05, 0.1) is 43.8 Å². The molecule has 1 aromatic carbocycles. The van der Waals surface area contributed by atoms with E-state index in [1.54, 1.807) is 6.92 Å². The van der Waals surface area contributed by atoms with E-state index in [1.165, 1.54) is 36.0 Å². The van der Waals surface area contributed by atoms with E-state index in [1.807, 2.05) is 0 Å². The van der Waals surface area contributed by atoms with Gasteiger partial charge in [-0.1, -0.05) is 0 Å². The summed E-state index contributed by atoms with van der Waals surface area (Å²) in [6, 6.07) is 4.28. The van der Waals surface area contributed by atoms with Gasteiger partial charge < -0.3 is 20.3 Å². The summed E-state index contributed by atoms with van der Waals surface area (Å²) in [6.45, 7) is 2.82. The molecule has 2 amide bonds. The van der Waals surface area contributed by atoms with Crippen LogP contribution in [0.15, 0.2) is 29.3 Å². The molecule has 3 rings (SSSR count). The summed E-state index contributed by atoms with van der Waals surface area (Å²) in [5.74, 6) is -0.0625. The van der Waals surface area contributed by atoms with Crippen molar-refractivity contribution in [1.82, 2.24) is 15.1 Å². The summed E-state index contributed by atoms with van der Waals surface area (Å²) in [5, 5.41) is 27.0. The van der Waals surface area contributed by atoms with E-state index in [2.05, 4.69) is 15.7 Å². The summed E-state index contributed by atoms with van der Waals surface area (Å²) in [6.07, 6.45) is -0.759. The lowest BCUT2D eigenvalue weighted by molar-refractivity contribution is -0.119. The Bertz CT molecular complexity index is 1100. The zero-order chi connectivity index (χ0) is 22.8. The second-order valence-corrected chi connectivity index (χ2v) is 8.70. The molecule has 0 saturated heterocycles. The van der Waals surface area contributed by atoms with Crippen molar-refractivity contribution in [3.63, 3.8) is 0 Å². The fraction of sp³-hybridized carbons (Fsp3) is 0.389. The van der Waals surface area contributed by atoms with E-state index in [-0.39, 0.29) is 54.2 Å². The molecule has 0 spiro atoms. The number of carbonyl (C=O) groups excluding carboxylic acids is 1. The van der Waals surface area contributed by atoms with Crippen LogP contribution < -0.4 is 19.7 Å². The molecule has 2 heterocycles. The number of carboxylic acid groups (broad SMARTS) is 1. The van der Waals surface area contributed by atoms with Crippen LogP contribution in [-0.4, -0.2) is 66.2 Å². The Labute approximate surface area is 178 Å². The largest absolute Gasteiger partial charge is 0.484 e. The highest BCUT2D eigenvalue weighted by Gasteiger charge is 2.36. The fourth-order valence-electron chi connectivity index (χ4n) is 3.23. The molecule has 168 valence electrons. The van der Waals surface area contributed by atoms with Crippen LogP contribution in [0.5, 0.6) is 5.75 Å². The molecule has 0 bridgehead atoms. The second kappa shape index (κ2) is 8.81. The first-order chi connectivity index (χ1) is 14.6. The zero-order valence-corrected chi connectivity index (χ0v) is 17.7. The predicted octanol–water partition coefficient (Wildman–Crippen LogP) is 0.366. The lowest BCUT2D eigenvalue weighted by Crippen LogP contribution is -2.48. The summed E-state index contributed by atoms with van der Waals surface area (Å²) in [5.41, 5.74) is 0.669. The number of nitrogens with zero attached hydrogens (tertiary/aromatic N) is 3. The first-order valence-corrected chi connectivity index (χ1v) is 10.8. The van der Waals surface area contributed by atoms with Gasteiger partial charge in [-0.15, -0.1) is 0 Å². The van der Waals surface area contributed by atoms with Crippen LogP contribution in [0, 0.1) is 6.92 Å². The molecule has 1 aromatic heterocycles. The summed E-state index contributed by atoms with van der Waals surface area (Å²) < 4.78 is 35.4. The van der Waals surface area contributed by atoms with E-state index in [0.29, 0.717) is 5.69 Å². The molecule has 1 aliphatic rings. The van der Waals surface area contributed by atoms with Gasteiger partial charge in [-0.3, -0.25) is 19.1 Å². The Morgan fingerprint density at radius 3 is 2.74 bits per heavy atom. The number of ether oxygens (including phenoxy) is 1. The lowest BCUT2D eigenvalue weighted by Gasteiger charge is -2.35. The number of anilines is 2. The number of aromatic nitrogens is 2. The van der Waals surface area contributed by atoms with Crippen LogP contribution >= 0.6 is 0 Å². The SMILES string of the molecule is CC(=O)NCC1CN(S(=O)(=O)c2cnn(CCO)c2C)c2cc(NC(=O)O)ccc2O1. The molecule has 12 nitrogen and oxygen atoms in total. The number of nitrogens with one attached hydrogen (secondary N) is 2. The smallest absolute Gasteiger partial charge is 0.409 e. The van der Waals surface area contributed by atoms with E-state index in [0.717, 1.165) is 4.31 Å². The third kappa shape index (κ3) is 4.72. The molecule has 0 radical (unpaired) electrons. The number of carbonyl (C=O) groups is 2. The van der Waals surface area contributed by atoms with Gasteiger partial charge in [-0.05, 0) is 25.1 Å². The number of hydrogen-bond donors (Lipinski definition) is 4. The van der Waals surface area contributed by atoms with Crippen LogP contribution in [0.1, 0.15) is 12.6 Å². The van der Waals surface area contributed by atoms with Crippen molar-refractivity contribution in [3.8, 4) is 5.75 Å². The monoisotopic (exact) mass is 453 g/mol. The van der Waals surface area contributed by atoms with E-state index in [9.17, 15) is 18.0 Å². The Morgan fingerprint density at radius 1 is 1.35 bits per heavy atom. The molecule has 13 heteroatoms. The molecule has 0 fully saturated rings. The lowest BCUT2D eigenvalue weighted by atomic mass is 10.2. The van der Waals surface area contributed by atoms with Crippen molar-refractivity contribution in [2.45, 2.75) is 31.4 Å². The van der Waals surface area contributed by atoms with Crippen LogP contribution in [0.2, 0.25) is 0 Å². The third-order valence-electron chi connectivity index (χ3n) is 4.66. The highest BCUT2D eigenvalue weighted by atomic mass is 32.2. The van der Waals surface area contributed by atoms with Crippen molar-refractivity contribution >= 4 is 33.4 Å². The Hall–Kier alpha value is -3.32. The Kier molecular flexibility index (Phi) is 6.36. The summed E-state index contributed by atoms with van der Waals surface area (Å²) in [7, 11) is -4.12. The quantitative estimate of drug-likeness (QED) is 0.467. The minimum absolute atomic E-state index is 0.0522. The van der Waals surface area contributed by atoms with Gasteiger partial charge in [0, 0.05) is 12.6 Å². The maximum Gasteiger partial charge on any atom is 0.409 e. The molecular weight excluding hydrogens is 430 g/mol. The minimum Gasteiger partial charge on any atom is -0.484 e. The molecule has 1 aliphatic heterocycles. The Balaban J connectivity index is 2.05. The molecule has 1 unspecified atom stereocenters. The molecule has 2 aromatic rings. The van der Waals surface area contributed by atoms with Crippen LogP contribution in [0.3, 0.4) is 0 Å². The van der Waals surface area contributed by atoms with Crippen molar-refractivity contribution < 1.29 is 33.0 Å². The number of hydrogen-bond acceptors (Lipinski definition) is 7. The van der Waals surface area contributed by atoms with Crippen LogP contribution in [-0.2, 0) is 21.4 Å². The van der Waals surface area contributed by atoms with Gasteiger partial charge in [-0.25, -0.2) is 13.2 Å². The molecule has 0 saturated carbocycles. The highest BCUT2D eigenvalue weighted by Crippen LogP contribution is 2.39. The van der Waals surface area contributed by atoms with Crippen LogP contribution in [0.4, 0.5) is 16.2 Å². The van der Waals surface area contributed by atoms with Gasteiger partial charge >= 0.3 is 6.09 Å². The summed E-state index contributed by atoms with van der Waals surface area (Å²) >= 11 is 0. The standard InChI is InChI=1S/C18H23N5O7S/c1-11-17(9-20-22(11)5-6-24)31(28,29)23-10-14(8-19-12(2)25)30-16-4-3-13(7-15(16)23)21-18(26)27/h3-4,7,9,14,21,24H,5-6,8,10H2,1-2H3,(H,19,25)(H,26,27). The first kappa shape index (κ1) is 22.4. The highest BCUT2D eigenvalue weighted by molar-refractivity contribution is 7.92. The van der Waals surface area contributed by atoms with E-state index < -0.39 is 22.2 Å². The zero-order valence-electron chi connectivity index (χ0n) is 16.9. The molecule has 4 N–H and O–H groups in total. The van der Waals surface area contributed by atoms with Gasteiger partial charge in [0.15, 0.2) is 0 Å². The maximum absolute atomic E-state index is 13.5. The molecule has 0 aliphatic carbocycles. The third-order valence-corrected chi connectivity index (χ3v) is 6.54. The number of sulfonamides is 1. The normalized spacial score (nSPS) is 15.7. The number of amides is 2. The van der Waals surface area contributed by atoms with Gasteiger partial charge in [0.25, 0.3) is 10.0 Å². The van der Waals surface area contributed by atoms with Crippen LogP contribution in [0.25, 0.3) is 0 Å². The number of rotatable bonds is 7. The van der Waals surface area contributed by atoms with E-state index in [4.69, 9.17) is 14.9 Å². The molecule has 31 heavy (non-hydrogen) atoms. The predicted molar refractivity (Wildman–Crippen MR) is 110 cm³/mol. The van der Waals surface area contributed by atoms with Crippen molar-refractivity contribution in [2.75, 3.05) is 29.3 Å².